The van der Waals surface area contributed by atoms with Gasteiger partial charge in [0, 0.05) is 13.1 Å². The number of hydrogen-bond acceptors (Lipinski definition) is 5. The van der Waals surface area contributed by atoms with Crippen LogP contribution in [-0.4, -0.2) is 43.6 Å². The van der Waals surface area contributed by atoms with Gasteiger partial charge in [0.25, 0.3) is 0 Å². The van der Waals surface area contributed by atoms with Crippen LogP contribution in [0, 0.1) is 6.92 Å². The van der Waals surface area contributed by atoms with Crippen LogP contribution in [0.3, 0.4) is 0 Å². The molecular weight excluding hydrogens is 406 g/mol. The van der Waals surface area contributed by atoms with E-state index in [4.69, 9.17) is 9.47 Å². The first-order valence-corrected chi connectivity index (χ1v) is 11.3. The molecule has 1 aliphatic heterocycles. The molecule has 0 bridgehead atoms. The molecule has 1 heterocycles. The fourth-order valence-electron chi connectivity index (χ4n) is 3.69. The SMILES string of the molecule is CCC(Oc1ccc(S(=O)(=O)N2Cc3cc(OC)ccc3C(C)C2)cc1C)C(=O)O. The molecule has 2 aromatic carbocycles. The van der Waals surface area contributed by atoms with E-state index in [1.165, 1.54) is 22.5 Å². The number of aryl methyl sites for hydroxylation is 1. The van der Waals surface area contributed by atoms with Crippen LogP contribution in [0.2, 0.25) is 0 Å². The monoisotopic (exact) mass is 433 g/mol. The van der Waals surface area contributed by atoms with Crippen molar-refractivity contribution in [1.82, 2.24) is 4.31 Å². The summed E-state index contributed by atoms with van der Waals surface area (Å²) in [6, 6.07) is 10.3. The van der Waals surface area contributed by atoms with Crippen molar-refractivity contribution < 1.29 is 27.8 Å². The number of ether oxygens (including phenoxy) is 2. The molecule has 0 amide bonds. The summed E-state index contributed by atoms with van der Waals surface area (Å²) in [5.41, 5.74) is 2.63. The van der Waals surface area contributed by atoms with E-state index >= 15 is 0 Å². The summed E-state index contributed by atoms with van der Waals surface area (Å²) < 4.78 is 38.9. The van der Waals surface area contributed by atoms with Gasteiger partial charge in [-0.2, -0.15) is 4.31 Å². The summed E-state index contributed by atoms with van der Waals surface area (Å²) in [4.78, 5) is 11.4. The number of carbonyl (C=O) groups is 1. The van der Waals surface area contributed by atoms with Crippen molar-refractivity contribution in [3.8, 4) is 11.5 Å². The third-order valence-corrected chi connectivity index (χ3v) is 7.21. The lowest BCUT2D eigenvalue weighted by Crippen LogP contribution is -2.37. The van der Waals surface area contributed by atoms with E-state index in [0.29, 0.717) is 30.0 Å². The van der Waals surface area contributed by atoms with Gasteiger partial charge in [0.1, 0.15) is 11.5 Å². The largest absolute Gasteiger partial charge is 0.497 e. The van der Waals surface area contributed by atoms with Gasteiger partial charge in [0.2, 0.25) is 10.0 Å². The third-order valence-electron chi connectivity index (χ3n) is 5.40. The fraction of sp³-hybridized carbons (Fsp3) is 0.409. The van der Waals surface area contributed by atoms with E-state index in [0.717, 1.165) is 11.1 Å². The minimum absolute atomic E-state index is 0.0546. The standard InChI is InChI=1S/C22H27NO6S/c1-5-20(22(24)25)29-21-9-7-18(10-14(21)2)30(26,27)23-12-15(3)19-8-6-17(28-4)11-16(19)13-23/h6-11,15,20H,5,12-13H2,1-4H3,(H,24,25). The predicted octanol–water partition coefficient (Wildman–Crippen LogP) is 3.55. The minimum atomic E-state index is -3.73. The van der Waals surface area contributed by atoms with E-state index in [1.54, 1.807) is 21.0 Å². The van der Waals surface area contributed by atoms with Crippen LogP contribution in [0.5, 0.6) is 11.5 Å². The Labute approximate surface area is 177 Å². The topological polar surface area (TPSA) is 93.1 Å². The number of fused-ring (bicyclic) bond motifs is 1. The molecule has 0 radical (unpaired) electrons. The lowest BCUT2D eigenvalue weighted by Gasteiger charge is -2.32. The van der Waals surface area contributed by atoms with Gasteiger partial charge in [-0.1, -0.05) is 19.9 Å². The van der Waals surface area contributed by atoms with Gasteiger partial charge in [0.05, 0.1) is 12.0 Å². The van der Waals surface area contributed by atoms with Crippen molar-refractivity contribution in [3.05, 3.63) is 53.1 Å². The van der Waals surface area contributed by atoms with Crippen molar-refractivity contribution in [2.45, 2.75) is 50.7 Å². The van der Waals surface area contributed by atoms with Crippen LogP contribution in [0.1, 0.15) is 42.9 Å². The molecule has 0 saturated heterocycles. The number of carboxylic acid groups (broad SMARTS) is 1. The Morgan fingerprint density at radius 2 is 2.00 bits per heavy atom. The predicted molar refractivity (Wildman–Crippen MR) is 113 cm³/mol. The van der Waals surface area contributed by atoms with E-state index in [9.17, 15) is 18.3 Å². The summed E-state index contributed by atoms with van der Waals surface area (Å²) >= 11 is 0. The van der Waals surface area contributed by atoms with Gasteiger partial charge in [-0.05, 0) is 66.3 Å². The molecule has 0 aromatic heterocycles. The minimum Gasteiger partial charge on any atom is -0.497 e. The molecule has 0 saturated carbocycles. The molecule has 2 unspecified atom stereocenters. The Morgan fingerprint density at radius 3 is 2.60 bits per heavy atom. The normalized spacial score (nSPS) is 17.8. The number of nitrogens with zero attached hydrogens (tertiary/aromatic N) is 1. The van der Waals surface area contributed by atoms with E-state index < -0.39 is 22.1 Å². The maximum atomic E-state index is 13.3. The molecule has 2 aromatic rings. The average Bonchev–Trinajstić information content (AvgIpc) is 2.71. The molecule has 7 nitrogen and oxygen atoms in total. The molecule has 0 fully saturated rings. The second-order valence-corrected chi connectivity index (χ2v) is 9.48. The molecule has 1 N–H and O–H groups in total. The zero-order chi connectivity index (χ0) is 22.1. The number of aliphatic carboxylic acids is 1. The van der Waals surface area contributed by atoms with Crippen molar-refractivity contribution in [2.24, 2.45) is 0 Å². The second kappa shape index (κ2) is 8.65. The van der Waals surface area contributed by atoms with Gasteiger partial charge < -0.3 is 14.6 Å². The average molecular weight is 434 g/mol. The van der Waals surface area contributed by atoms with Gasteiger partial charge in [-0.15, -0.1) is 0 Å². The highest BCUT2D eigenvalue weighted by Crippen LogP contribution is 2.34. The number of rotatable bonds is 7. The van der Waals surface area contributed by atoms with E-state index in [-0.39, 0.29) is 17.4 Å². The highest BCUT2D eigenvalue weighted by Gasteiger charge is 2.32. The maximum Gasteiger partial charge on any atom is 0.344 e. The summed E-state index contributed by atoms with van der Waals surface area (Å²) in [5, 5.41) is 9.19. The summed E-state index contributed by atoms with van der Waals surface area (Å²) in [6.07, 6.45) is -0.663. The molecular formula is C22H27NO6S. The smallest absolute Gasteiger partial charge is 0.344 e. The molecule has 0 spiro atoms. The molecule has 0 aliphatic carbocycles. The molecule has 162 valence electrons. The Hall–Kier alpha value is -2.58. The number of sulfonamides is 1. The van der Waals surface area contributed by atoms with Crippen LogP contribution in [-0.2, 0) is 21.4 Å². The van der Waals surface area contributed by atoms with Crippen LogP contribution >= 0.6 is 0 Å². The highest BCUT2D eigenvalue weighted by atomic mass is 32.2. The molecule has 2 atom stereocenters. The van der Waals surface area contributed by atoms with Crippen LogP contribution < -0.4 is 9.47 Å². The van der Waals surface area contributed by atoms with Gasteiger partial charge in [-0.3, -0.25) is 0 Å². The number of methoxy groups -OCH3 is 1. The zero-order valence-electron chi connectivity index (χ0n) is 17.6. The Morgan fingerprint density at radius 1 is 1.27 bits per heavy atom. The number of benzene rings is 2. The van der Waals surface area contributed by atoms with E-state index in [2.05, 4.69) is 0 Å². The highest BCUT2D eigenvalue weighted by molar-refractivity contribution is 7.89. The van der Waals surface area contributed by atoms with Gasteiger partial charge in [-0.25, -0.2) is 13.2 Å². The maximum absolute atomic E-state index is 13.3. The van der Waals surface area contributed by atoms with Crippen LogP contribution in [0.25, 0.3) is 0 Å². The first-order valence-electron chi connectivity index (χ1n) is 9.84. The zero-order valence-corrected chi connectivity index (χ0v) is 18.4. The van der Waals surface area contributed by atoms with Crippen molar-refractivity contribution in [2.75, 3.05) is 13.7 Å². The molecule has 8 heteroatoms. The van der Waals surface area contributed by atoms with Gasteiger partial charge >= 0.3 is 5.97 Å². The van der Waals surface area contributed by atoms with Crippen LogP contribution in [0.4, 0.5) is 0 Å². The fourth-order valence-corrected chi connectivity index (χ4v) is 5.29. The third kappa shape index (κ3) is 4.29. The Balaban J connectivity index is 1.88. The molecule has 1 aliphatic rings. The summed E-state index contributed by atoms with van der Waals surface area (Å²) in [7, 11) is -2.14. The second-order valence-electron chi connectivity index (χ2n) is 7.54. The number of hydrogen-bond donors (Lipinski definition) is 1. The quantitative estimate of drug-likeness (QED) is 0.718. The first kappa shape index (κ1) is 22.1. The van der Waals surface area contributed by atoms with Crippen molar-refractivity contribution in [1.29, 1.82) is 0 Å². The first-order chi connectivity index (χ1) is 14.2. The van der Waals surface area contributed by atoms with Crippen LogP contribution in [0.15, 0.2) is 41.3 Å². The molecule has 30 heavy (non-hydrogen) atoms. The molecule has 3 rings (SSSR count). The van der Waals surface area contributed by atoms with Crippen molar-refractivity contribution in [3.63, 3.8) is 0 Å². The summed E-state index contributed by atoms with van der Waals surface area (Å²) in [6.45, 7) is 6.09. The summed E-state index contributed by atoms with van der Waals surface area (Å²) in [5.74, 6) is 0.0655. The Bertz CT molecular complexity index is 1050. The lowest BCUT2D eigenvalue weighted by atomic mass is 9.92. The number of carboxylic acids is 1. The van der Waals surface area contributed by atoms with E-state index in [1.807, 2.05) is 25.1 Å². The van der Waals surface area contributed by atoms with Gasteiger partial charge in [0.15, 0.2) is 6.10 Å². The Kier molecular flexibility index (Phi) is 6.38. The lowest BCUT2D eigenvalue weighted by molar-refractivity contribution is -0.145. The van der Waals surface area contributed by atoms with Crippen molar-refractivity contribution >= 4 is 16.0 Å².